The molecular formula is C48H91ClN4O2. The highest BCUT2D eigenvalue weighted by atomic mass is 35.5. The van der Waals surface area contributed by atoms with Gasteiger partial charge in [0.1, 0.15) is 4.87 Å². The molecule has 2 rings (SSSR count). The van der Waals surface area contributed by atoms with Gasteiger partial charge in [-0.1, -0.05) is 206 Å². The minimum atomic E-state index is -1.25. The summed E-state index contributed by atoms with van der Waals surface area (Å²) in [6, 6.07) is 0. The molecule has 0 spiro atoms. The molecule has 2 aliphatic heterocycles. The topological polar surface area (TPSA) is 68.5 Å². The van der Waals surface area contributed by atoms with Gasteiger partial charge in [0.15, 0.2) is 0 Å². The van der Waals surface area contributed by atoms with Crippen molar-refractivity contribution in [1.29, 1.82) is 0 Å². The lowest BCUT2D eigenvalue weighted by Crippen LogP contribution is -2.42. The number of aliphatic carboxylic acids is 1. The van der Waals surface area contributed by atoms with Crippen LogP contribution in [0.1, 0.15) is 245 Å². The van der Waals surface area contributed by atoms with E-state index in [0.29, 0.717) is 25.9 Å². The second-order valence-corrected chi connectivity index (χ2v) is 18.2. The Kier molecular flexibility index (Phi) is 31.5. The number of aliphatic imine (C=N–C) groups is 2. The zero-order valence-electron chi connectivity index (χ0n) is 36.7. The van der Waals surface area contributed by atoms with Crippen molar-refractivity contribution in [1.82, 2.24) is 9.80 Å². The average Bonchev–Trinajstić information content (AvgIpc) is 3.84. The maximum atomic E-state index is 12.4. The predicted molar refractivity (Wildman–Crippen MR) is 242 cm³/mol. The average molecular weight is 792 g/mol. The van der Waals surface area contributed by atoms with Gasteiger partial charge >= 0.3 is 5.97 Å². The molecule has 0 aromatic carbocycles. The standard InChI is InChI=1S/C48H91ClN4O2/c1-3-5-7-9-11-13-15-17-19-21-23-25-27-29-31-33-35-45-50-39-43-52(45)41-37-48(49,47(54)55)38-42-53-44-40-51-46(53)36-34-32-30-28-26-24-22-20-18-16-14-12-10-8-6-4-2/h3-44H2,1-2H3,(H,54,55). The molecule has 0 aromatic rings. The van der Waals surface area contributed by atoms with Crippen molar-refractivity contribution < 1.29 is 9.90 Å². The molecule has 2 aliphatic rings. The first kappa shape index (κ1) is 49.8. The van der Waals surface area contributed by atoms with E-state index in [-0.39, 0.29) is 0 Å². The van der Waals surface area contributed by atoms with Gasteiger partial charge in [-0.3, -0.25) is 14.8 Å². The first-order valence-corrected chi connectivity index (χ1v) is 24.9. The summed E-state index contributed by atoms with van der Waals surface area (Å²) >= 11 is 6.89. The first-order chi connectivity index (χ1) is 27.0. The van der Waals surface area contributed by atoms with E-state index in [1.54, 1.807) is 0 Å². The summed E-state index contributed by atoms with van der Waals surface area (Å²) in [5.41, 5.74) is 0. The number of carboxylic acids is 1. The molecule has 2 heterocycles. The zero-order chi connectivity index (χ0) is 39.5. The second-order valence-electron chi connectivity index (χ2n) is 17.4. The number of carbonyl (C=O) groups is 1. The molecule has 55 heavy (non-hydrogen) atoms. The first-order valence-electron chi connectivity index (χ1n) is 24.5. The van der Waals surface area contributed by atoms with E-state index in [4.69, 9.17) is 21.6 Å². The summed E-state index contributed by atoms with van der Waals surface area (Å²) in [4.78, 5) is 25.4. The van der Waals surface area contributed by atoms with Crippen molar-refractivity contribution in [3.05, 3.63) is 0 Å². The molecule has 0 atom stereocenters. The van der Waals surface area contributed by atoms with Crippen LogP contribution in [0.5, 0.6) is 0 Å². The van der Waals surface area contributed by atoms with E-state index in [0.717, 1.165) is 39.0 Å². The molecule has 0 unspecified atom stereocenters. The monoisotopic (exact) mass is 791 g/mol. The third kappa shape index (κ3) is 25.6. The smallest absolute Gasteiger partial charge is 0.324 e. The van der Waals surface area contributed by atoms with Gasteiger partial charge in [-0.05, 0) is 25.7 Å². The Morgan fingerprint density at radius 1 is 0.491 bits per heavy atom. The van der Waals surface area contributed by atoms with Gasteiger partial charge < -0.3 is 14.9 Å². The number of halogens is 1. The van der Waals surface area contributed by atoms with Crippen molar-refractivity contribution in [2.45, 2.75) is 250 Å². The van der Waals surface area contributed by atoms with Crippen molar-refractivity contribution in [3.63, 3.8) is 0 Å². The number of carboxylic acid groups (broad SMARTS) is 1. The zero-order valence-corrected chi connectivity index (χ0v) is 37.5. The fourth-order valence-corrected chi connectivity index (χ4v) is 8.81. The van der Waals surface area contributed by atoms with Gasteiger partial charge in [-0.25, -0.2) is 0 Å². The van der Waals surface area contributed by atoms with Crippen LogP contribution in [-0.4, -0.2) is 76.7 Å². The van der Waals surface area contributed by atoms with Crippen LogP contribution in [0.3, 0.4) is 0 Å². The fraction of sp³-hybridized carbons (Fsp3) is 0.938. The Labute approximate surface area is 346 Å². The lowest BCUT2D eigenvalue weighted by molar-refractivity contribution is -0.140. The number of nitrogens with zero attached hydrogens (tertiary/aromatic N) is 4. The normalized spacial score (nSPS) is 14.7. The van der Waals surface area contributed by atoms with Gasteiger partial charge in [-0.15, -0.1) is 11.6 Å². The van der Waals surface area contributed by atoms with Crippen molar-refractivity contribution in [3.8, 4) is 0 Å². The van der Waals surface area contributed by atoms with E-state index in [2.05, 4.69) is 23.6 Å². The van der Waals surface area contributed by atoms with Crippen LogP contribution in [0.4, 0.5) is 0 Å². The highest BCUT2D eigenvalue weighted by Crippen LogP contribution is 2.28. The molecule has 0 amide bonds. The minimum Gasteiger partial charge on any atom is -0.480 e. The molecule has 0 saturated heterocycles. The van der Waals surface area contributed by atoms with Crippen LogP contribution in [0.25, 0.3) is 0 Å². The molecule has 0 aromatic heterocycles. The Balaban J connectivity index is 1.48. The summed E-state index contributed by atoms with van der Waals surface area (Å²) in [7, 11) is 0. The van der Waals surface area contributed by atoms with E-state index in [1.165, 1.54) is 217 Å². The Hall–Kier alpha value is -1.30. The van der Waals surface area contributed by atoms with Crippen LogP contribution in [0, 0.1) is 0 Å². The van der Waals surface area contributed by atoms with Crippen LogP contribution >= 0.6 is 11.6 Å². The summed E-state index contributed by atoms with van der Waals surface area (Å²) in [6.07, 6.45) is 47.0. The van der Waals surface area contributed by atoms with Crippen LogP contribution in [0.2, 0.25) is 0 Å². The molecule has 0 radical (unpaired) electrons. The number of rotatable bonds is 41. The second kappa shape index (κ2) is 34.7. The fourth-order valence-electron chi connectivity index (χ4n) is 8.64. The maximum absolute atomic E-state index is 12.4. The van der Waals surface area contributed by atoms with Crippen molar-refractivity contribution in [2.24, 2.45) is 9.98 Å². The molecular weight excluding hydrogens is 700 g/mol. The summed E-state index contributed by atoms with van der Waals surface area (Å²) < 4.78 is 0. The van der Waals surface area contributed by atoms with Gasteiger partial charge in [0.2, 0.25) is 0 Å². The van der Waals surface area contributed by atoms with Gasteiger partial charge in [0.05, 0.1) is 24.8 Å². The summed E-state index contributed by atoms with van der Waals surface area (Å²) in [6.45, 7) is 9.36. The Morgan fingerprint density at radius 3 is 1.00 bits per heavy atom. The third-order valence-electron chi connectivity index (χ3n) is 12.5. The predicted octanol–water partition coefficient (Wildman–Crippen LogP) is 14.6. The Bertz CT molecular complexity index is 906. The molecule has 0 aliphatic carbocycles. The highest BCUT2D eigenvalue weighted by Gasteiger charge is 2.37. The molecule has 0 bridgehead atoms. The number of hydrogen-bond acceptors (Lipinski definition) is 5. The van der Waals surface area contributed by atoms with E-state index < -0.39 is 10.8 Å². The lowest BCUT2D eigenvalue weighted by Gasteiger charge is -2.29. The van der Waals surface area contributed by atoms with E-state index >= 15 is 0 Å². The molecule has 1 N–H and O–H groups in total. The summed E-state index contributed by atoms with van der Waals surface area (Å²) in [5, 5.41) is 10.2. The Morgan fingerprint density at radius 2 is 0.745 bits per heavy atom. The van der Waals surface area contributed by atoms with Crippen molar-refractivity contribution >= 4 is 29.2 Å². The van der Waals surface area contributed by atoms with Gasteiger partial charge in [0, 0.05) is 39.0 Å². The largest absolute Gasteiger partial charge is 0.480 e. The number of unbranched alkanes of at least 4 members (excludes halogenated alkanes) is 30. The minimum absolute atomic E-state index is 0.446. The van der Waals surface area contributed by atoms with Gasteiger partial charge in [0.25, 0.3) is 0 Å². The number of hydrogen-bond donors (Lipinski definition) is 1. The maximum Gasteiger partial charge on any atom is 0.324 e. The highest BCUT2D eigenvalue weighted by molar-refractivity contribution is 6.33. The quantitative estimate of drug-likeness (QED) is 0.0495. The number of alkyl halides is 1. The molecule has 6 nitrogen and oxygen atoms in total. The van der Waals surface area contributed by atoms with Crippen LogP contribution in [0.15, 0.2) is 9.98 Å². The van der Waals surface area contributed by atoms with E-state index in [9.17, 15) is 9.90 Å². The van der Waals surface area contributed by atoms with Crippen molar-refractivity contribution in [2.75, 3.05) is 39.3 Å². The molecule has 322 valence electrons. The molecule has 0 saturated carbocycles. The SMILES string of the molecule is CCCCCCCCCCCCCCCCCCC1=NCCN1CCC(Cl)(CCN1CCN=C1CCCCCCCCCCCCCCCCCC)C(=O)O. The number of amidine groups is 2. The van der Waals surface area contributed by atoms with E-state index in [1.807, 2.05) is 0 Å². The molecule has 0 fully saturated rings. The third-order valence-corrected chi connectivity index (χ3v) is 13.0. The van der Waals surface area contributed by atoms with Crippen LogP contribution < -0.4 is 0 Å². The molecule has 7 heteroatoms. The summed E-state index contributed by atoms with van der Waals surface area (Å²) in [5.74, 6) is 1.45. The lowest BCUT2D eigenvalue weighted by atomic mass is 9.99. The van der Waals surface area contributed by atoms with Gasteiger partial charge in [-0.2, -0.15) is 0 Å². The van der Waals surface area contributed by atoms with Crippen LogP contribution in [-0.2, 0) is 4.79 Å².